The molecule has 6 heteroatoms. The number of nitrogens with zero attached hydrogens (tertiary/aromatic N) is 5. The molecule has 26 heavy (non-hydrogen) atoms. The molecule has 0 aliphatic carbocycles. The van der Waals surface area contributed by atoms with E-state index in [1.54, 1.807) is 0 Å². The average molecular weight is 350 g/mol. The van der Waals surface area contributed by atoms with Gasteiger partial charge in [-0.05, 0) is 31.2 Å². The molecule has 2 atom stereocenters. The molecule has 1 saturated heterocycles. The number of nitrogens with one attached hydrogen (secondary N) is 1. The standard InChI is InChI=1S/C20H26N6/c1-20(2,3)19-23-22-17-11-10-16(24-26(17)19)21-15-12-13-25(4)18(15)14-8-6-5-7-9-14/h5-11,15,18H,12-13H2,1-4H3,(H,21,24). The van der Waals surface area contributed by atoms with E-state index >= 15 is 0 Å². The Kier molecular flexibility index (Phi) is 4.15. The van der Waals surface area contributed by atoms with Gasteiger partial charge >= 0.3 is 0 Å². The van der Waals surface area contributed by atoms with Gasteiger partial charge in [-0.3, -0.25) is 4.90 Å². The fourth-order valence-corrected chi connectivity index (χ4v) is 3.76. The summed E-state index contributed by atoms with van der Waals surface area (Å²) in [5.74, 6) is 1.74. The lowest BCUT2D eigenvalue weighted by Crippen LogP contribution is -2.29. The number of hydrogen-bond donors (Lipinski definition) is 1. The number of hydrogen-bond acceptors (Lipinski definition) is 5. The van der Waals surface area contributed by atoms with E-state index in [0.29, 0.717) is 12.1 Å². The maximum absolute atomic E-state index is 4.78. The van der Waals surface area contributed by atoms with Crippen LogP contribution in [0.5, 0.6) is 0 Å². The molecule has 0 bridgehead atoms. The van der Waals surface area contributed by atoms with Crippen molar-refractivity contribution in [3.8, 4) is 0 Å². The topological polar surface area (TPSA) is 58.3 Å². The Morgan fingerprint density at radius 1 is 1.04 bits per heavy atom. The molecule has 3 aromatic rings. The monoisotopic (exact) mass is 350 g/mol. The van der Waals surface area contributed by atoms with Gasteiger partial charge in [0.15, 0.2) is 11.5 Å². The summed E-state index contributed by atoms with van der Waals surface area (Å²) in [5, 5.41) is 17.0. The summed E-state index contributed by atoms with van der Waals surface area (Å²) >= 11 is 0. The van der Waals surface area contributed by atoms with Crippen molar-refractivity contribution in [1.82, 2.24) is 24.7 Å². The molecule has 6 nitrogen and oxygen atoms in total. The van der Waals surface area contributed by atoms with Crippen LogP contribution in [0.3, 0.4) is 0 Å². The molecule has 1 aromatic carbocycles. The molecule has 2 aromatic heterocycles. The molecule has 0 amide bonds. The first kappa shape index (κ1) is 17.0. The summed E-state index contributed by atoms with van der Waals surface area (Å²) in [6.07, 6.45) is 1.09. The van der Waals surface area contributed by atoms with E-state index in [2.05, 4.69) is 78.6 Å². The van der Waals surface area contributed by atoms with Gasteiger partial charge < -0.3 is 5.32 Å². The van der Waals surface area contributed by atoms with Crippen molar-refractivity contribution in [3.05, 3.63) is 53.9 Å². The minimum absolute atomic E-state index is 0.106. The first-order chi connectivity index (χ1) is 12.4. The van der Waals surface area contributed by atoms with Crippen LogP contribution < -0.4 is 5.32 Å². The SMILES string of the molecule is CN1CCC(Nc2ccc3nnc(C(C)(C)C)n3n2)C1c1ccccc1. The first-order valence-electron chi connectivity index (χ1n) is 9.18. The van der Waals surface area contributed by atoms with Gasteiger partial charge in [0.1, 0.15) is 5.82 Å². The lowest BCUT2D eigenvalue weighted by molar-refractivity contribution is 0.309. The minimum atomic E-state index is -0.106. The van der Waals surface area contributed by atoms with Gasteiger partial charge in [-0.2, -0.15) is 4.52 Å². The van der Waals surface area contributed by atoms with Crippen LogP contribution in [0, 0.1) is 0 Å². The van der Waals surface area contributed by atoms with E-state index < -0.39 is 0 Å². The number of benzene rings is 1. The number of likely N-dealkylation sites (tertiary alicyclic amines) is 1. The van der Waals surface area contributed by atoms with Crippen LogP contribution in [0.2, 0.25) is 0 Å². The van der Waals surface area contributed by atoms with E-state index in [9.17, 15) is 0 Å². The first-order valence-corrected chi connectivity index (χ1v) is 9.18. The van der Waals surface area contributed by atoms with Crippen LogP contribution in [-0.2, 0) is 5.41 Å². The van der Waals surface area contributed by atoms with Crippen LogP contribution in [0.4, 0.5) is 5.82 Å². The van der Waals surface area contributed by atoms with Gasteiger partial charge in [0.05, 0.1) is 6.04 Å². The predicted molar refractivity (Wildman–Crippen MR) is 103 cm³/mol. The predicted octanol–water partition coefficient (Wildman–Crippen LogP) is 3.28. The summed E-state index contributed by atoms with van der Waals surface area (Å²) in [6, 6.07) is 15.3. The molecular weight excluding hydrogens is 324 g/mol. The van der Waals surface area contributed by atoms with Crippen LogP contribution in [-0.4, -0.2) is 44.3 Å². The van der Waals surface area contributed by atoms with E-state index in [1.165, 1.54) is 5.56 Å². The minimum Gasteiger partial charge on any atom is -0.364 e. The summed E-state index contributed by atoms with van der Waals surface area (Å²) in [7, 11) is 2.19. The highest BCUT2D eigenvalue weighted by Crippen LogP contribution is 2.32. The molecule has 2 unspecified atom stereocenters. The number of aromatic nitrogens is 4. The highest BCUT2D eigenvalue weighted by molar-refractivity contribution is 5.45. The molecule has 1 fully saturated rings. The molecule has 0 radical (unpaired) electrons. The summed E-state index contributed by atoms with van der Waals surface area (Å²) in [5.41, 5.74) is 2.01. The normalized spacial score (nSPS) is 21.4. The number of fused-ring (bicyclic) bond motifs is 1. The summed E-state index contributed by atoms with van der Waals surface area (Å²) in [6.45, 7) is 7.45. The van der Waals surface area contributed by atoms with Gasteiger partial charge in [-0.1, -0.05) is 51.1 Å². The molecule has 0 spiro atoms. The van der Waals surface area contributed by atoms with E-state index in [1.807, 2.05) is 16.6 Å². The number of anilines is 1. The Morgan fingerprint density at radius 3 is 2.54 bits per heavy atom. The van der Waals surface area contributed by atoms with Gasteiger partial charge in [0.25, 0.3) is 0 Å². The lowest BCUT2D eigenvalue weighted by Gasteiger charge is -2.26. The van der Waals surface area contributed by atoms with Crippen LogP contribution in [0.15, 0.2) is 42.5 Å². The van der Waals surface area contributed by atoms with Crippen molar-refractivity contribution in [1.29, 1.82) is 0 Å². The smallest absolute Gasteiger partial charge is 0.178 e. The Morgan fingerprint density at radius 2 is 1.81 bits per heavy atom. The van der Waals surface area contributed by atoms with Crippen LogP contribution >= 0.6 is 0 Å². The van der Waals surface area contributed by atoms with Gasteiger partial charge in [-0.15, -0.1) is 15.3 Å². The average Bonchev–Trinajstić information content (AvgIpc) is 3.19. The second kappa shape index (κ2) is 6.36. The number of likely N-dealkylation sites (N-methyl/N-ethyl adjacent to an activating group) is 1. The quantitative estimate of drug-likeness (QED) is 0.785. The van der Waals surface area contributed by atoms with Crippen molar-refractivity contribution < 1.29 is 0 Å². The van der Waals surface area contributed by atoms with Crippen molar-refractivity contribution in [2.45, 2.75) is 44.7 Å². The van der Waals surface area contributed by atoms with Gasteiger partial charge in [0.2, 0.25) is 0 Å². The fourth-order valence-electron chi connectivity index (χ4n) is 3.76. The molecule has 3 heterocycles. The highest BCUT2D eigenvalue weighted by atomic mass is 15.4. The second-order valence-electron chi connectivity index (χ2n) is 8.14. The van der Waals surface area contributed by atoms with Crippen molar-refractivity contribution >= 4 is 11.5 Å². The van der Waals surface area contributed by atoms with Crippen molar-refractivity contribution in [2.24, 2.45) is 0 Å². The molecular formula is C20H26N6. The highest BCUT2D eigenvalue weighted by Gasteiger charge is 2.33. The van der Waals surface area contributed by atoms with E-state index in [0.717, 1.165) is 30.3 Å². The zero-order valence-corrected chi connectivity index (χ0v) is 15.8. The van der Waals surface area contributed by atoms with Crippen LogP contribution in [0.1, 0.15) is 44.6 Å². The molecule has 136 valence electrons. The second-order valence-corrected chi connectivity index (χ2v) is 8.14. The maximum atomic E-state index is 4.78. The third kappa shape index (κ3) is 3.05. The van der Waals surface area contributed by atoms with Gasteiger partial charge in [0, 0.05) is 18.0 Å². The zero-order chi connectivity index (χ0) is 18.3. The summed E-state index contributed by atoms with van der Waals surface area (Å²) in [4.78, 5) is 2.41. The third-order valence-electron chi connectivity index (χ3n) is 5.06. The van der Waals surface area contributed by atoms with E-state index in [-0.39, 0.29) is 5.41 Å². The molecule has 1 aliphatic heterocycles. The molecule has 0 saturated carbocycles. The van der Waals surface area contributed by atoms with Crippen molar-refractivity contribution in [3.63, 3.8) is 0 Å². The molecule has 4 rings (SSSR count). The third-order valence-corrected chi connectivity index (χ3v) is 5.06. The Hall–Kier alpha value is -2.47. The lowest BCUT2D eigenvalue weighted by atomic mass is 9.96. The number of rotatable bonds is 3. The zero-order valence-electron chi connectivity index (χ0n) is 15.8. The van der Waals surface area contributed by atoms with Gasteiger partial charge in [-0.25, -0.2) is 0 Å². The summed E-state index contributed by atoms with van der Waals surface area (Å²) < 4.78 is 1.86. The Labute approximate surface area is 154 Å². The van der Waals surface area contributed by atoms with Crippen LogP contribution in [0.25, 0.3) is 5.65 Å². The Balaban J connectivity index is 1.64. The van der Waals surface area contributed by atoms with Crippen molar-refractivity contribution in [2.75, 3.05) is 18.9 Å². The maximum Gasteiger partial charge on any atom is 0.178 e. The molecule has 1 aliphatic rings. The Bertz CT molecular complexity index is 896. The van der Waals surface area contributed by atoms with E-state index in [4.69, 9.17) is 5.10 Å². The molecule has 1 N–H and O–H groups in total. The largest absolute Gasteiger partial charge is 0.364 e. The fraction of sp³-hybridized carbons (Fsp3) is 0.450.